The van der Waals surface area contributed by atoms with Crippen molar-refractivity contribution in [3.05, 3.63) is 88.0 Å². The molecular weight excluding hydrogens is 318 g/mol. The molecule has 0 atom stereocenters. The summed E-state index contributed by atoms with van der Waals surface area (Å²) >= 11 is 0. The molecule has 1 N–H and O–H groups in total. The fourth-order valence-electron chi connectivity index (χ4n) is 2.41. The summed E-state index contributed by atoms with van der Waals surface area (Å²) in [6.45, 7) is 1.81. The quantitative estimate of drug-likeness (QED) is 0.446. The highest BCUT2D eigenvalue weighted by atomic mass is 16.6. The highest BCUT2D eigenvalue weighted by Crippen LogP contribution is 2.16. The van der Waals surface area contributed by atoms with Gasteiger partial charge in [0.2, 0.25) is 0 Å². The standard InChI is InChI=1S/C19H15N3O3/c1-13(16-7-6-14-4-2-3-5-17(14)12-16)20-21-19(23)15-8-10-18(11-9-15)22(24)25/h2-12H,1H3,(H,21,23)/b20-13+. The van der Waals surface area contributed by atoms with E-state index in [0.717, 1.165) is 16.3 Å². The van der Waals surface area contributed by atoms with Crippen LogP contribution in [0.4, 0.5) is 5.69 Å². The predicted molar refractivity (Wildman–Crippen MR) is 96.7 cm³/mol. The lowest BCUT2D eigenvalue weighted by molar-refractivity contribution is -0.384. The first kappa shape index (κ1) is 16.3. The molecule has 0 unspecified atom stereocenters. The molecule has 3 rings (SSSR count). The van der Waals surface area contributed by atoms with Crippen molar-refractivity contribution in [1.29, 1.82) is 0 Å². The Kier molecular flexibility index (Phi) is 4.52. The smallest absolute Gasteiger partial charge is 0.267 e. The molecule has 124 valence electrons. The van der Waals surface area contributed by atoms with Gasteiger partial charge in [-0.2, -0.15) is 5.10 Å². The third-order valence-electron chi connectivity index (χ3n) is 3.83. The first-order valence-corrected chi connectivity index (χ1v) is 7.63. The zero-order valence-electron chi connectivity index (χ0n) is 13.5. The molecule has 0 heterocycles. The molecule has 0 saturated carbocycles. The Labute approximate surface area is 143 Å². The summed E-state index contributed by atoms with van der Waals surface area (Å²) in [5.74, 6) is -0.421. The monoisotopic (exact) mass is 333 g/mol. The number of hydrazone groups is 1. The topological polar surface area (TPSA) is 84.6 Å². The molecule has 6 nitrogen and oxygen atoms in total. The van der Waals surface area contributed by atoms with E-state index in [1.807, 2.05) is 42.5 Å². The number of fused-ring (bicyclic) bond motifs is 1. The van der Waals surface area contributed by atoms with E-state index in [1.165, 1.54) is 24.3 Å². The Morgan fingerprint density at radius 2 is 1.60 bits per heavy atom. The molecule has 0 aliphatic carbocycles. The minimum atomic E-state index is -0.510. The summed E-state index contributed by atoms with van der Waals surface area (Å²) in [5.41, 5.74) is 4.29. The molecule has 6 heteroatoms. The number of nitrogens with one attached hydrogen (secondary N) is 1. The van der Waals surface area contributed by atoms with Crippen LogP contribution in [-0.4, -0.2) is 16.5 Å². The summed E-state index contributed by atoms with van der Waals surface area (Å²) in [7, 11) is 0. The van der Waals surface area contributed by atoms with E-state index in [4.69, 9.17) is 0 Å². The van der Waals surface area contributed by atoms with Crippen LogP contribution in [0.3, 0.4) is 0 Å². The molecule has 0 radical (unpaired) electrons. The lowest BCUT2D eigenvalue weighted by Gasteiger charge is -2.05. The molecule has 3 aromatic carbocycles. The summed E-state index contributed by atoms with van der Waals surface area (Å²) in [6.07, 6.45) is 0. The Morgan fingerprint density at radius 1 is 0.960 bits per heavy atom. The SMILES string of the molecule is C/C(=N\NC(=O)c1ccc([N+](=O)[O-])cc1)c1ccc2ccccc2c1. The first-order chi connectivity index (χ1) is 12.0. The summed E-state index contributed by atoms with van der Waals surface area (Å²) < 4.78 is 0. The van der Waals surface area contributed by atoms with Crippen LogP contribution in [0, 0.1) is 10.1 Å². The second-order valence-electron chi connectivity index (χ2n) is 5.50. The average molecular weight is 333 g/mol. The van der Waals surface area contributed by atoms with Crippen molar-refractivity contribution in [3.8, 4) is 0 Å². The van der Waals surface area contributed by atoms with Crippen LogP contribution in [0.25, 0.3) is 10.8 Å². The van der Waals surface area contributed by atoms with E-state index in [-0.39, 0.29) is 5.69 Å². The van der Waals surface area contributed by atoms with Crippen molar-refractivity contribution in [2.45, 2.75) is 6.92 Å². The van der Waals surface area contributed by atoms with Gasteiger partial charge in [-0.3, -0.25) is 14.9 Å². The minimum Gasteiger partial charge on any atom is -0.267 e. The number of nitro benzene ring substituents is 1. The maximum atomic E-state index is 12.1. The van der Waals surface area contributed by atoms with Crippen LogP contribution in [-0.2, 0) is 0 Å². The van der Waals surface area contributed by atoms with E-state index in [1.54, 1.807) is 6.92 Å². The molecule has 0 spiro atoms. The molecule has 0 saturated heterocycles. The summed E-state index contributed by atoms with van der Waals surface area (Å²) in [5, 5.41) is 17.0. The highest BCUT2D eigenvalue weighted by Gasteiger charge is 2.09. The number of nitrogens with zero attached hydrogens (tertiary/aromatic N) is 2. The largest absolute Gasteiger partial charge is 0.271 e. The van der Waals surface area contributed by atoms with Crippen molar-refractivity contribution >= 4 is 28.1 Å². The third kappa shape index (κ3) is 3.69. The van der Waals surface area contributed by atoms with Crippen molar-refractivity contribution < 1.29 is 9.72 Å². The Hall–Kier alpha value is -3.54. The summed E-state index contributed by atoms with van der Waals surface area (Å²) in [4.78, 5) is 22.2. The molecule has 25 heavy (non-hydrogen) atoms. The molecule has 3 aromatic rings. The maximum Gasteiger partial charge on any atom is 0.271 e. The van der Waals surface area contributed by atoms with Gasteiger partial charge in [-0.05, 0) is 41.5 Å². The van der Waals surface area contributed by atoms with Crippen LogP contribution in [0.1, 0.15) is 22.8 Å². The van der Waals surface area contributed by atoms with Gasteiger partial charge in [0.15, 0.2) is 0 Å². The van der Waals surface area contributed by atoms with Crippen LogP contribution in [0.2, 0.25) is 0 Å². The first-order valence-electron chi connectivity index (χ1n) is 7.63. The average Bonchev–Trinajstić information content (AvgIpc) is 2.65. The van der Waals surface area contributed by atoms with Crippen LogP contribution >= 0.6 is 0 Å². The van der Waals surface area contributed by atoms with Gasteiger partial charge < -0.3 is 0 Å². The van der Waals surface area contributed by atoms with Gasteiger partial charge in [-0.15, -0.1) is 0 Å². The number of amides is 1. The van der Waals surface area contributed by atoms with E-state index >= 15 is 0 Å². The fraction of sp³-hybridized carbons (Fsp3) is 0.0526. The number of hydrogen-bond acceptors (Lipinski definition) is 4. The number of benzene rings is 3. The molecule has 0 aliphatic heterocycles. The zero-order chi connectivity index (χ0) is 17.8. The number of rotatable bonds is 4. The lowest BCUT2D eigenvalue weighted by atomic mass is 10.0. The van der Waals surface area contributed by atoms with Gasteiger partial charge in [-0.25, -0.2) is 5.43 Å². The molecular formula is C19H15N3O3. The number of non-ortho nitro benzene ring substituents is 1. The Morgan fingerprint density at radius 3 is 2.28 bits per heavy atom. The molecule has 1 amide bonds. The highest BCUT2D eigenvalue weighted by molar-refractivity contribution is 6.03. The van der Waals surface area contributed by atoms with Crippen molar-refractivity contribution in [2.24, 2.45) is 5.10 Å². The molecule has 0 aliphatic rings. The van der Waals surface area contributed by atoms with Crippen molar-refractivity contribution in [1.82, 2.24) is 5.43 Å². The normalized spacial score (nSPS) is 11.3. The van der Waals surface area contributed by atoms with Crippen LogP contribution in [0.5, 0.6) is 0 Å². The Balaban J connectivity index is 1.75. The van der Waals surface area contributed by atoms with Crippen LogP contribution < -0.4 is 5.43 Å². The van der Waals surface area contributed by atoms with Gasteiger partial charge >= 0.3 is 0 Å². The second-order valence-corrected chi connectivity index (χ2v) is 5.50. The lowest BCUT2D eigenvalue weighted by Crippen LogP contribution is -2.19. The minimum absolute atomic E-state index is 0.0626. The number of carbonyl (C=O) groups is 1. The third-order valence-corrected chi connectivity index (χ3v) is 3.83. The fourth-order valence-corrected chi connectivity index (χ4v) is 2.41. The maximum absolute atomic E-state index is 12.1. The zero-order valence-corrected chi connectivity index (χ0v) is 13.5. The van der Waals surface area contributed by atoms with Crippen molar-refractivity contribution in [3.63, 3.8) is 0 Å². The summed E-state index contributed by atoms with van der Waals surface area (Å²) in [6, 6.07) is 19.3. The molecule has 0 fully saturated rings. The van der Waals surface area contributed by atoms with Gasteiger partial charge in [0, 0.05) is 17.7 Å². The van der Waals surface area contributed by atoms with E-state index in [9.17, 15) is 14.9 Å². The van der Waals surface area contributed by atoms with Gasteiger partial charge in [0.1, 0.15) is 0 Å². The molecule has 0 bridgehead atoms. The number of carbonyl (C=O) groups excluding carboxylic acids is 1. The van der Waals surface area contributed by atoms with E-state index in [0.29, 0.717) is 11.3 Å². The second kappa shape index (κ2) is 6.92. The Bertz CT molecular complexity index is 979. The van der Waals surface area contributed by atoms with E-state index < -0.39 is 10.8 Å². The van der Waals surface area contributed by atoms with Gasteiger partial charge in [0.25, 0.3) is 11.6 Å². The number of hydrogen-bond donors (Lipinski definition) is 1. The van der Waals surface area contributed by atoms with E-state index in [2.05, 4.69) is 10.5 Å². The van der Waals surface area contributed by atoms with Crippen molar-refractivity contribution in [2.75, 3.05) is 0 Å². The molecule has 0 aromatic heterocycles. The van der Waals surface area contributed by atoms with Gasteiger partial charge in [-0.1, -0.05) is 36.4 Å². The predicted octanol–water partition coefficient (Wildman–Crippen LogP) is 3.90. The van der Waals surface area contributed by atoms with Crippen LogP contribution in [0.15, 0.2) is 71.8 Å². The number of nitro groups is 1. The van der Waals surface area contributed by atoms with Gasteiger partial charge in [0.05, 0.1) is 10.6 Å².